The standard InChI is InChI=1S/C24H22F3N5O2/c1-34-24-19(27)10-28-22(31-24)21-11-32-16(12-33)9-29-23(32)20(30-21)8-15-7-17(25)14(6-18(15)26)5-4-13-2-3-13/h6-7,9-11,13,33H,2-5,8,12H2,1H3. The number of benzene rings is 1. The topological polar surface area (TPSA) is 85.4 Å². The molecule has 3 heterocycles. The lowest BCUT2D eigenvalue weighted by Gasteiger charge is -2.11. The minimum atomic E-state index is -0.731. The minimum absolute atomic E-state index is 0.0524. The normalized spacial score (nSPS) is 13.6. The Kier molecular flexibility index (Phi) is 5.91. The van der Waals surface area contributed by atoms with Crippen LogP contribution in [-0.2, 0) is 19.4 Å². The van der Waals surface area contributed by atoms with Crippen LogP contribution in [0.25, 0.3) is 17.2 Å². The highest BCUT2D eigenvalue weighted by atomic mass is 19.1. The molecule has 1 aliphatic carbocycles. The number of imidazole rings is 1. The van der Waals surface area contributed by atoms with Crippen LogP contribution in [0.1, 0.15) is 41.8 Å². The van der Waals surface area contributed by atoms with Gasteiger partial charge in [-0.3, -0.25) is 4.40 Å². The summed E-state index contributed by atoms with van der Waals surface area (Å²) in [5.74, 6) is -1.26. The molecule has 1 saturated carbocycles. The third-order valence-corrected chi connectivity index (χ3v) is 6.03. The zero-order valence-electron chi connectivity index (χ0n) is 18.4. The highest BCUT2D eigenvalue weighted by Gasteiger charge is 2.22. The van der Waals surface area contributed by atoms with Crippen LogP contribution in [0.5, 0.6) is 5.88 Å². The molecule has 1 aromatic carbocycles. The Balaban J connectivity index is 1.55. The predicted molar refractivity (Wildman–Crippen MR) is 117 cm³/mol. The van der Waals surface area contributed by atoms with Crippen molar-refractivity contribution in [1.82, 2.24) is 24.3 Å². The Morgan fingerprint density at radius 3 is 2.53 bits per heavy atom. The van der Waals surface area contributed by atoms with Crippen molar-refractivity contribution >= 4 is 5.65 Å². The van der Waals surface area contributed by atoms with Crippen LogP contribution in [0.4, 0.5) is 13.2 Å². The van der Waals surface area contributed by atoms with Crippen LogP contribution in [-0.4, -0.2) is 36.6 Å². The third-order valence-electron chi connectivity index (χ3n) is 6.03. The molecule has 0 amide bonds. The first kappa shape index (κ1) is 22.3. The number of aryl methyl sites for hydroxylation is 1. The fraction of sp³-hybridized carbons (Fsp3) is 0.333. The fourth-order valence-electron chi connectivity index (χ4n) is 3.96. The van der Waals surface area contributed by atoms with E-state index in [9.17, 15) is 18.3 Å². The molecular weight excluding hydrogens is 447 g/mol. The highest BCUT2D eigenvalue weighted by Crippen LogP contribution is 2.34. The summed E-state index contributed by atoms with van der Waals surface area (Å²) in [6, 6.07) is 2.46. The minimum Gasteiger partial charge on any atom is -0.479 e. The lowest BCUT2D eigenvalue weighted by Crippen LogP contribution is -2.06. The molecule has 176 valence electrons. The van der Waals surface area contributed by atoms with Gasteiger partial charge in [-0.05, 0) is 42.0 Å². The molecule has 1 aliphatic rings. The summed E-state index contributed by atoms with van der Waals surface area (Å²) in [5, 5.41) is 9.70. The summed E-state index contributed by atoms with van der Waals surface area (Å²) in [6.07, 6.45) is 7.60. The summed E-state index contributed by atoms with van der Waals surface area (Å²) < 4.78 is 50.0. The molecule has 0 radical (unpaired) electrons. The van der Waals surface area contributed by atoms with Crippen LogP contribution >= 0.6 is 0 Å². The number of aromatic nitrogens is 5. The molecule has 5 rings (SSSR count). The SMILES string of the molecule is COc1nc(-c2cn3c(CO)cnc3c(Cc3cc(F)c(CCC4CC4)cc3F)n2)ncc1F. The van der Waals surface area contributed by atoms with Gasteiger partial charge < -0.3 is 9.84 Å². The van der Waals surface area contributed by atoms with Crippen molar-refractivity contribution in [3.63, 3.8) is 0 Å². The lowest BCUT2D eigenvalue weighted by atomic mass is 10.0. The molecular formula is C24H22F3N5O2. The van der Waals surface area contributed by atoms with Crippen LogP contribution in [0.3, 0.4) is 0 Å². The van der Waals surface area contributed by atoms with Crippen LogP contribution in [0.15, 0.2) is 30.7 Å². The van der Waals surface area contributed by atoms with E-state index in [1.165, 1.54) is 25.4 Å². The monoisotopic (exact) mass is 469 g/mol. The molecule has 34 heavy (non-hydrogen) atoms. The van der Waals surface area contributed by atoms with Crippen molar-refractivity contribution in [2.24, 2.45) is 5.92 Å². The number of halogens is 3. The number of methoxy groups -OCH3 is 1. The number of fused-ring (bicyclic) bond motifs is 1. The van der Waals surface area contributed by atoms with Gasteiger partial charge in [-0.1, -0.05) is 12.8 Å². The van der Waals surface area contributed by atoms with Gasteiger partial charge in [0.15, 0.2) is 11.5 Å². The first-order chi connectivity index (χ1) is 16.5. The summed E-state index contributed by atoms with van der Waals surface area (Å²) in [7, 11) is 1.28. The molecule has 0 saturated heterocycles. The average molecular weight is 469 g/mol. The van der Waals surface area contributed by atoms with Gasteiger partial charge in [-0.15, -0.1) is 0 Å². The smallest absolute Gasteiger partial charge is 0.253 e. The second-order valence-corrected chi connectivity index (χ2v) is 8.42. The maximum atomic E-state index is 14.9. The maximum Gasteiger partial charge on any atom is 0.253 e. The highest BCUT2D eigenvalue weighted by molar-refractivity contribution is 5.56. The molecule has 7 nitrogen and oxygen atoms in total. The predicted octanol–water partition coefficient (Wildman–Crippen LogP) is 4.04. The number of ether oxygens (including phenoxy) is 1. The van der Waals surface area contributed by atoms with E-state index < -0.39 is 17.5 Å². The van der Waals surface area contributed by atoms with E-state index in [1.54, 1.807) is 10.6 Å². The van der Waals surface area contributed by atoms with E-state index in [0.717, 1.165) is 25.5 Å². The van der Waals surface area contributed by atoms with E-state index >= 15 is 0 Å². The van der Waals surface area contributed by atoms with Crippen molar-refractivity contribution in [2.75, 3.05) is 7.11 Å². The van der Waals surface area contributed by atoms with Gasteiger partial charge in [0.2, 0.25) is 5.82 Å². The molecule has 0 atom stereocenters. The largest absolute Gasteiger partial charge is 0.479 e. The molecule has 0 unspecified atom stereocenters. The molecule has 4 aromatic rings. The van der Waals surface area contributed by atoms with Gasteiger partial charge in [0, 0.05) is 12.6 Å². The lowest BCUT2D eigenvalue weighted by molar-refractivity contribution is 0.276. The van der Waals surface area contributed by atoms with E-state index in [0.29, 0.717) is 34.9 Å². The summed E-state index contributed by atoms with van der Waals surface area (Å²) in [4.78, 5) is 16.8. The molecule has 1 N–H and O–H groups in total. The van der Waals surface area contributed by atoms with Crippen molar-refractivity contribution in [3.05, 3.63) is 70.7 Å². The second kappa shape index (κ2) is 9.02. The average Bonchev–Trinajstić information content (AvgIpc) is 3.57. The number of rotatable bonds is 8. The Labute approximate surface area is 193 Å². The Morgan fingerprint density at radius 1 is 1.03 bits per heavy atom. The number of aliphatic hydroxyl groups is 1. The van der Waals surface area contributed by atoms with Crippen molar-refractivity contribution in [2.45, 2.75) is 38.7 Å². The summed E-state index contributed by atoms with van der Waals surface area (Å²) >= 11 is 0. The molecule has 0 aliphatic heterocycles. The molecule has 0 spiro atoms. The van der Waals surface area contributed by atoms with Gasteiger partial charge in [-0.25, -0.2) is 23.7 Å². The van der Waals surface area contributed by atoms with E-state index in [2.05, 4.69) is 19.9 Å². The number of hydrogen-bond donors (Lipinski definition) is 1. The molecule has 1 fully saturated rings. The van der Waals surface area contributed by atoms with Crippen LogP contribution < -0.4 is 4.74 Å². The number of hydrogen-bond acceptors (Lipinski definition) is 6. The van der Waals surface area contributed by atoms with Gasteiger partial charge in [0.25, 0.3) is 5.88 Å². The number of aliphatic hydroxyl groups excluding tert-OH is 1. The van der Waals surface area contributed by atoms with Gasteiger partial charge in [0.1, 0.15) is 17.3 Å². The third kappa shape index (κ3) is 4.33. The number of nitrogens with zero attached hydrogens (tertiary/aromatic N) is 5. The summed E-state index contributed by atoms with van der Waals surface area (Å²) in [5.41, 5.74) is 1.89. The Morgan fingerprint density at radius 2 is 1.79 bits per heavy atom. The van der Waals surface area contributed by atoms with Gasteiger partial charge >= 0.3 is 0 Å². The molecule has 0 bridgehead atoms. The fourth-order valence-corrected chi connectivity index (χ4v) is 3.96. The Bertz CT molecular complexity index is 1370. The van der Waals surface area contributed by atoms with E-state index in [4.69, 9.17) is 4.74 Å². The van der Waals surface area contributed by atoms with Crippen molar-refractivity contribution in [3.8, 4) is 17.4 Å². The second-order valence-electron chi connectivity index (χ2n) is 8.42. The van der Waals surface area contributed by atoms with Gasteiger partial charge in [0.05, 0.1) is 37.5 Å². The van der Waals surface area contributed by atoms with Crippen molar-refractivity contribution in [1.29, 1.82) is 0 Å². The van der Waals surface area contributed by atoms with Gasteiger partial charge in [-0.2, -0.15) is 9.37 Å². The summed E-state index contributed by atoms with van der Waals surface area (Å²) in [6.45, 7) is -0.309. The zero-order chi connectivity index (χ0) is 23.8. The molecule has 3 aromatic heterocycles. The van der Waals surface area contributed by atoms with E-state index in [1.807, 2.05) is 0 Å². The maximum absolute atomic E-state index is 14.9. The first-order valence-corrected chi connectivity index (χ1v) is 11.0. The van der Waals surface area contributed by atoms with Crippen LogP contribution in [0.2, 0.25) is 0 Å². The Hall–Kier alpha value is -3.53. The zero-order valence-corrected chi connectivity index (χ0v) is 18.4. The van der Waals surface area contributed by atoms with Crippen molar-refractivity contribution < 1.29 is 23.0 Å². The van der Waals surface area contributed by atoms with E-state index in [-0.39, 0.29) is 36.0 Å². The molecule has 10 heteroatoms. The quantitative estimate of drug-likeness (QED) is 0.419. The first-order valence-electron chi connectivity index (χ1n) is 11.0. The van der Waals surface area contributed by atoms with Crippen LogP contribution in [0, 0.1) is 23.4 Å².